The van der Waals surface area contributed by atoms with Crippen LogP contribution in [0.1, 0.15) is 5.56 Å². The SMILES string of the molecule is O=C(Cn1ccccc1=O)NC[C@@H]1COc2ccccc2C1. The molecule has 2 heterocycles. The van der Waals surface area contributed by atoms with Crippen LogP contribution >= 0.6 is 0 Å². The number of hydrogen-bond donors (Lipinski definition) is 1. The topological polar surface area (TPSA) is 60.3 Å². The van der Waals surface area contributed by atoms with E-state index in [0.29, 0.717) is 13.2 Å². The van der Waals surface area contributed by atoms with E-state index in [2.05, 4.69) is 5.32 Å². The van der Waals surface area contributed by atoms with E-state index in [1.165, 1.54) is 16.2 Å². The smallest absolute Gasteiger partial charge is 0.250 e. The minimum atomic E-state index is -0.174. The largest absolute Gasteiger partial charge is 0.493 e. The van der Waals surface area contributed by atoms with Gasteiger partial charge in [-0.05, 0) is 24.1 Å². The van der Waals surface area contributed by atoms with Crippen molar-refractivity contribution in [3.05, 3.63) is 64.6 Å². The summed E-state index contributed by atoms with van der Waals surface area (Å²) in [5.41, 5.74) is 1.000. The van der Waals surface area contributed by atoms with E-state index in [9.17, 15) is 9.59 Å². The third-order valence-electron chi connectivity index (χ3n) is 3.76. The molecule has 1 aromatic heterocycles. The van der Waals surface area contributed by atoms with Crippen LogP contribution in [0.5, 0.6) is 5.75 Å². The van der Waals surface area contributed by atoms with E-state index in [0.717, 1.165) is 12.2 Å². The summed E-state index contributed by atoms with van der Waals surface area (Å²) in [7, 11) is 0. The molecule has 0 bridgehead atoms. The zero-order valence-corrected chi connectivity index (χ0v) is 12.2. The lowest BCUT2D eigenvalue weighted by Gasteiger charge is -2.25. The lowest BCUT2D eigenvalue weighted by molar-refractivity contribution is -0.121. The van der Waals surface area contributed by atoms with Crippen molar-refractivity contribution in [2.24, 2.45) is 5.92 Å². The fraction of sp³-hybridized carbons (Fsp3) is 0.294. The number of carbonyl (C=O) groups excluding carboxylic acids is 1. The van der Waals surface area contributed by atoms with Crippen molar-refractivity contribution in [1.29, 1.82) is 0 Å². The first-order valence-corrected chi connectivity index (χ1v) is 7.35. The minimum Gasteiger partial charge on any atom is -0.493 e. The van der Waals surface area contributed by atoms with Gasteiger partial charge in [-0.25, -0.2) is 0 Å². The molecule has 2 aromatic rings. The fourth-order valence-corrected chi connectivity index (χ4v) is 2.58. The minimum absolute atomic E-state index is 0.0455. The maximum absolute atomic E-state index is 11.9. The van der Waals surface area contributed by atoms with Crippen LogP contribution in [0.15, 0.2) is 53.5 Å². The van der Waals surface area contributed by atoms with Gasteiger partial charge >= 0.3 is 0 Å². The lowest BCUT2D eigenvalue weighted by Crippen LogP contribution is -2.37. The van der Waals surface area contributed by atoms with Crippen LogP contribution < -0.4 is 15.6 Å². The molecule has 1 N–H and O–H groups in total. The van der Waals surface area contributed by atoms with Crippen molar-refractivity contribution >= 4 is 5.91 Å². The average molecular weight is 298 g/mol. The molecule has 0 unspecified atom stereocenters. The van der Waals surface area contributed by atoms with Crippen LogP contribution in [-0.4, -0.2) is 23.6 Å². The summed E-state index contributed by atoms with van der Waals surface area (Å²) in [6.07, 6.45) is 2.50. The highest BCUT2D eigenvalue weighted by Gasteiger charge is 2.19. The first-order chi connectivity index (χ1) is 10.7. The fourth-order valence-electron chi connectivity index (χ4n) is 2.58. The maximum Gasteiger partial charge on any atom is 0.250 e. The third-order valence-corrected chi connectivity index (χ3v) is 3.76. The van der Waals surface area contributed by atoms with Crippen molar-refractivity contribution < 1.29 is 9.53 Å². The number of aromatic nitrogens is 1. The molecular formula is C17H18N2O3. The van der Waals surface area contributed by atoms with Crippen LogP contribution in [-0.2, 0) is 17.8 Å². The summed E-state index contributed by atoms with van der Waals surface area (Å²) < 4.78 is 7.09. The molecule has 5 nitrogen and oxygen atoms in total. The normalized spacial score (nSPS) is 16.5. The number of amides is 1. The molecule has 22 heavy (non-hydrogen) atoms. The Kier molecular flexibility index (Phi) is 4.23. The molecule has 1 atom stereocenters. The highest BCUT2D eigenvalue weighted by molar-refractivity contribution is 5.75. The van der Waals surface area contributed by atoms with Crippen molar-refractivity contribution in [1.82, 2.24) is 9.88 Å². The van der Waals surface area contributed by atoms with Gasteiger partial charge in [0.2, 0.25) is 5.91 Å². The van der Waals surface area contributed by atoms with Gasteiger partial charge in [-0.15, -0.1) is 0 Å². The molecule has 1 aliphatic heterocycles. The summed E-state index contributed by atoms with van der Waals surface area (Å²) in [5, 5.41) is 2.88. The predicted octanol–water partition coefficient (Wildman–Crippen LogP) is 1.22. The molecule has 3 rings (SSSR count). The van der Waals surface area contributed by atoms with Gasteiger partial charge in [-0.2, -0.15) is 0 Å². The Morgan fingerprint density at radius 3 is 2.91 bits per heavy atom. The Morgan fingerprint density at radius 2 is 2.05 bits per heavy atom. The number of para-hydroxylation sites is 1. The molecule has 1 aromatic carbocycles. The summed E-state index contributed by atoms with van der Waals surface area (Å²) in [6.45, 7) is 1.20. The van der Waals surface area contributed by atoms with Crippen LogP contribution in [0.25, 0.3) is 0 Å². The second-order valence-electron chi connectivity index (χ2n) is 5.46. The monoisotopic (exact) mass is 298 g/mol. The zero-order chi connectivity index (χ0) is 15.4. The number of nitrogens with one attached hydrogen (secondary N) is 1. The second-order valence-corrected chi connectivity index (χ2v) is 5.46. The van der Waals surface area contributed by atoms with E-state index in [1.54, 1.807) is 18.3 Å². The molecule has 114 valence electrons. The summed E-state index contributed by atoms with van der Waals surface area (Å²) in [6, 6.07) is 12.8. The number of rotatable bonds is 4. The maximum atomic E-state index is 11.9. The van der Waals surface area contributed by atoms with Gasteiger partial charge in [0.1, 0.15) is 12.3 Å². The molecular weight excluding hydrogens is 280 g/mol. The van der Waals surface area contributed by atoms with E-state index in [1.807, 2.05) is 24.3 Å². The molecule has 5 heteroatoms. The average Bonchev–Trinajstić information content (AvgIpc) is 2.55. The van der Waals surface area contributed by atoms with Gasteiger partial charge in [-0.1, -0.05) is 24.3 Å². The standard InChI is InChI=1S/C17H18N2O3/c20-16(11-19-8-4-3-7-17(19)21)18-10-13-9-14-5-1-2-6-15(14)22-12-13/h1-8,13H,9-12H2,(H,18,20)/t13-/m1/s1. The predicted molar refractivity (Wildman–Crippen MR) is 82.8 cm³/mol. The first kappa shape index (κ1) is 14.4. The molecule has 0 saturated heterocycles. The summed E-state index contributed by atoms with van der Waals surface area (Å²) >= 11 is 0. The van der Waals surface area contributed by atoms with Crippen LogP contribution in [0.2, 0.25) is 0 Å². The Balaban J connectivity index is 1.52. The molecule has 1 aliphatic rings. The number of carbonyl (C=O) groups is 1. The third kappa shape index (κ3) is 3.36. The molecule has 0 radical (unpaired) electrons. The molecule has 0 spiro atoms. The summed E-state index contributed by atoms with van der Waals surface area (Å²) in [5.74, 6) is 1.03. The molecule has 0 saturated carbocycles. The zero-order valence-electron chi connectivity index (χ0n) is 12.2. The van der Waals surface area contributed by atoms with Crippen LogP contribution in [0, 0.1) is 5.92 Å². The van der Waals surface area contributed by atoms with Gasteiger partial charge in [0, 0.05) is 24.7 Å². The van der Waals surface area contributed by atoms with Gasteiger partial charge in [0.15, 0.2) is 0 Å². The van der Waals surface area contributed by atoms with Crippen LogP contribution in [0.3, 0.4) is 0 Å². The number of hydrogen-bond acceptors (Lipinski definition) is 3. The van der Waals surface area contributed by atoms with E-state index >= 15 is 0 Å². The van der Waals surface area contributed by atoms with E-state index < -0.39 is 0 Å². The van der Waals surface area contributed by atoms with E-state index in [-0.39, 0.29) is 23.9 Å². The van der Waals surface area contributed by atoms with Crippen molar-refractivity contribution in [2.45, 2.75) is 13.0 Å². The van der Waals surface area contributed by atoms with Crippen molar-refractivity contribution in [2.75, 3.05) is 13.2 Å². The van der Waals surface area contributed by atoms with Gasteiger partial charge in [-0.3, -0.25) is 9.59 Å². The number of nitrogens with zero attached hydrogens (tertiary/aromatic N) is 1. The lowest BCUT2D eigenvalue weighted by atomic mass is 9.97. The number of pyridine rings is 1. The van der Waals surface area contributed by atoms with Crippen molar-refractivity contribution in [3.63, 3.8) is 0 Å². The quantitative estimate of drug-likeness (QED) is 0.923. The molecule has 0 fully saturated rings. The Hall–Kier alpha value is -2.56. The Labute approximate surface area is 128 Å². The van der Waals surface area contributed by atoms with Crippen LogP contribution in [0.4, 0.5) is 0 Å². The highest BCUT2D eigenvalue weighted by Crippen LogP contribution is 2.26. The number of fused-ring (bicyclic) bond motifs is 1. The first-order valence-electron chi connectivity index (χ1n) is 7.35. The second kappa shape index (κ2) is 6.47. The molecule has 0 aliphatic carbocycles. The number of benzene rings is 1. The highest BCUT2D eigenvalue weighted by atomic mass is 16.5. The van der Waals surface area contributed by atoms with Gasteiger partial charge in [0.05, 0.1) is 6.61 Å². The summed E-state index contributed by atoms with van der Waals surface area (Å²) in [4.78, 5) is 23.5. The number of ether oxygens (including phenoxy) is 1. The van der Waals surface area contributed by atoms with Gasteiger partial charge < -0.3 is 14.6 Å². The molecule has 1 amide bonds. The Morgan fingerprint density at radius 1 is 1.23 bits per heavy atom. The van der Waals surface area contributed by atoms with E-state index in [4.69, 9.17) is 4.74 Å². The Bertz CT molecular complexity index is 724. The van der Waals surface area contributed by atoms with Crippen molar-refractivity contribution in [3.8, 4) is 5.75 Å². The van der Waals surface area contributed by atoms with Gasteiger partial charge in [0.25, 0.3) is 5.56 Å².